The lowest BCUT2D eigenvalue weighted by atomic mass is 10.2. The summed E-state index contributed by atoms with van der Waals surface area (Å²) in [5.74, 6) is 0. The fourth-order valence-corrected chi connectivity index (χ4v) is 1.32. The highest BCUT2D eigenvalue weighted by atomic mass is 16.3. The molecule has 1 atom stereocenters. The lowest BCUT2D eigenvalue weighted by Crippen LogP contribution is -2.19. The smallest absolute Gasteiger partial charge is 0.108 e. The number of aryl methyl sites for hydroxylation is 1. The molecule has 0 aliphatic heterocycles. The summed E-state index contributed by atoms with van der Waals surface area (Å²) in [7, 11) is 1.82. The van der Waals surface area contributed by atoms with Crippen molar-refractivity contribution in [2.24, 2.45) is 0 Å². The van der Waals surface area contributed by atoms with Gasteiger partial charge in [0.05, 0.1) is 5.69 Å². The third-order valence-electron chi connectivity index (χ3n) is 1.92. The molecular weight excluding hydrogens is 166 g/mol. The maximum absolute atomic E-state index is 9.69. The molecular formula is C9H17N3O. The van der Waals surface area contributed by atoms with E-state index in [0.29, 0.717) is 6.54 Å². The van der Waals surface area contributed by atoms with Crippen molar-refractivity contribution in [3.8, 4) is 0 Å². The fourth-order valence-electron chi connectivity index (χ4n) is 1.32. The molecule has 0 fully saturated rings. The fraction of sp³-hybridized carbons (Fsp3) is 0.667. The summed E-state index contributed by atoms with van der Waals surface area (Å²) in [6, 6.07) is 1.86. The monoisotopic (exact) mass is 183 g/mol. The second-order valence-corrected chi connectivity index (χ2v) is 3.05. The summed E-state index contributed by atoms with van der Waals surface area (Å²) >= 11 is 0. The molecule has 0 amide bonds. The first-order valence-electron chi connectivity index (χ1n) is 4.64. The quantitative estimate of drug-likeness (QED) is 0.700. The number of aliphatic hydroxyl groups is 1. The van der Waals surface area contributed by atoms with Gasteiger partial charge < -0.3 is 10.4 Å². The summed E-state index contributed by atoms with van der Waals surface area (Å²) < 4.78 is 1.85. The highest BCUT2D eigenvalue weighted by molar-refractivity contribution is 5.04. The van der Waals surface area contributed by atoms with Gasteiger partial charge in [0.25, 0.3) is 0 Å². The largest absolute Gasteiger partial charge is 0.385 e. The molecule has 0 aromatic carbocycles. The summed E-state index contributed by atoms with van der Waals surface area (Å²) in [6.07, 6.45) is 2.30. The molecule has 13 heavy (non-hydrogen) atoms. The van der Waals surface area contributed by atoms with Gasteiger partial charge in [-0.2, -0.15) is 5.10 Å². The first-order valence-corrected chi connectivity index (χ1v) is 4.64. The minimum atomic E-state index is -0.459. The van der Waals surface area contributed by atoms with Crippen molar-refractivity contribution in [3.05, 3.63) is 18.0 Å². The summed E-state index contributed by atoms with van der Waals surface area (Å²) in [6.45, 7) is 3.52. The van der Waals surface area contributed by atoms with Crippen LogP contribution in [0.15, 0.2) is 12.3 Å². The van der Waals surface area contributed by atoms with Crippen LogP contribution in [0.2, 0.25) is 0 Å². The number of hydrogen-bond donors (Lipinski definition) is 2. The Morgan fingerprint density at radius 1 is 1.69 bits per heavy atom. The number of rotatable bonds is 5. The van der Waals surface area contributed by atoms with E-state index in [9.17, 15) is 5.11 Å². The van der Waals surface area contributed by atoms with Gasteiger partial charge in [0.2, 0.25) is 0 Å². The first-order chi connectivity index (χ1) is 6.29. The summed E-state index contributed by atoms with van der Waals surface area (Å²) in [4.78, 5) is 0. The molecule has 1 aromatic heterocycles. The van der Waals surface area contributed by atoms with E-state index < -0.39 is 6.10 Å². The van der Waals surface area contributed by atoms with Gasteiger partial charge in [-0.3, -0.25) is 4.68 Å². The Labute approximate surface area is 78.6 Å². The Bertz CT molecular complexity index is 247. The molecule has 0 saturated carbocycles. The zero-order valence-corrected chi connectivity index (χ0v) is 8.20. The van der Waals surface area contributed by atoms with Crippen LogP contribution in [0.25, 0.3) is 0 Å². The van der Waals surface area contributed by atoms with E-state index in [4.69, 9.17) is 0 Å². The van der Waals surface area contributed by atoms with Gasteiger partial charge in [-0.05, 0) is 19.5 Å². The lowest BCUT2D eigenvalue weighted by Gasteiger charge is -2.11. The topological polar surface area (TPSA) is 50.1 Å². The van der Waals surface area contributed by atoms with Crippen LogP contribution in [0.5, 0.6) is 0 Å². The summed E-state index contributed by atoms with van der Waals surface area (Å²) in [5.41, 5.74) is 0.885. The van der Waals surface area contributed by atoms with E-state index in [1.807, 2.05) is 17.8 Å². The van der Waals surface area contributed by atoms with Crippen LogP contribution in [0.1, 0.15) is 25.1 Å². The maximum atomic E-state index is 9.69. The number of nitrogens with zero attached hydrogens (tertiary/aromatic N) is 2. The molecule has 4 heteroatoms. The van der Waals surface area contributed by atoms with Gasteiger partial charge in [0, 0.05) is 19.3 Å². The number of nitrogens with one attached hydrogen (secondary N) is 1. The van der Waals surface area contributed by atoms with Crippen molar-refractivity contribution < 1.29 is 5.11 Å². The molecule has 0 saturated heterocycles. The average Bonchev–Trinajstić information content (AvgIpc) is 2.54. The van der Waals surface area contributed by atoms with Crippen LogP contribution in [0.3, 0.4) is 0 Å². The zero-order chi connectivity index (χ0) is 9.68. The zero-order valence-electron chi connectivity index (χ0n) is 8.20. The van der Waals surface area contributed by atoms with Crippen LogP contribution in [0, 0.1) is 0 Å². The molecule has 4 nitrogen and oxygen atoms in total. The third-order valence-corrected chi connectivity index (χ3v) is 1.92. The molecule has 1 aromatic rings. The Morgan fingerprint density at radius 3 is 3.08 bits per heavy atom. The van der Waals surface area contributed by atoms with Gasteiger partial charge in [0.15, 0.2) is 0 Å². The van der Waals surface area contributed by atoms with Crippen LogP contribution < -0.4 is 5.32 Å². The number of aromatic nitrogens is 2. The second-order valence-electron chi connectivity index (χ2n) is 3.05. The Morgan fingerprint density at radius 2 is 2.46 bits per heavy atom. The van der Waals surface area contributed by atoms with Crippen LogP contribution in [-0.4, -0.2) is 28.5 Å². The molecule has 74 valence electrons. The highest BCUT2D eigenvalue weighted by Gasteiger charge is 2.10. The van der Waals surface area contributed by atoms with E-state index >= 15 is 0 Å². The van der Waals surface area contributed by atoms with E-state index in [0.717, 1.165) is 18.7 Å². The van der Waals surface area contributed by atoms with Crippen molar-refractivity contribution in [2.75, 3.05) is 13.6 Å². The van der Waals surface area contributed by atoms with E-state index in [1.54, 1.807) is 6.20 Å². The highest BCUT2D eigenvalue weighted by Crippen LogP contribution is 2.11. The number of hydrogen-bond acceptors (Lipinski definition) is 3. The van der Waals surface area contributed by atoms with E-state index in [-0.39, 0.29) is 0 Å². The molecule has 1 heterocycles. The maximum Gasteiger partial charge on any atom is 0.108 e. The van der Waals surface area contributed by atoms with Crippen molar-refractivity contribution >= 4 is 0 Å². The van der Waals surface area contributed by atoms with Gasteiger partial charge in [-0.1, -0.05) is 6.92 Å². The number of likely N-dealkylation sites (N-methyl/N-ethyl adjacent to an activating group) is 1. The van der Waals surface area contributed by atoms with Gasteiger partial charge in [-0.25, -0.2) is 0 Å². The van der Waals surface area contributed by atoms with Gasteiger partial charge in [0.1, 0.15) is 6.10 Å². The second kappa shape index (κ2) is 4.99. The Kier molecular flexibility index (Phi) is 3.92. The van der Waals surface area contributed by atoms with Crippen LogP contribution in [0.4, 0.5) is 0 Å². The predicted molar refractivity (Wildman–Crippen MR) is 51.4 cm³/mol. The standard InChI is InChI=1S/C9H17N3O/c1-3-6-12-8(4-5-11-12)9(13)7-10-2/h4-5,9-10,13H,3,6-7H2,1-2H3. The Hall–Kier alpha value is -0.870. The Balaban J connectivity index is 2.68. The third kappa shape index (κ3) is 2.54. The molecule has 0 spiro atoms. The van der Waals surface area contributed by atoms with E-state index in [1.165, 1.54) is 0 Å². The minimum Gasteiger partial charge on any atom is -0.385 e. The van der Waals surface area contributed by atoms with Crippen molar-refractivity contribution in [1.29, 1.82) is 0 Å². The molecule has 0 aliphatic rings. The van der Waals surface area contributed by atoms with Crippen molar-refractivity contribution in [3.63, 3.8) is 0 Å². The molecule has 1 rings (SSSR count). The van der Waals surface area contributed by atoms with Gasteiger partial charge in [-0.15, -0.1) is 0 Å². The molecule has 1 unspecified atom stereocenters. The van der Waals surface area contributed by atoms with Crippen molar-refractivity contribution in [1.82, 2.24) is 15.1 Å². The van der Waals surface area contributed by atoms with Gasteiger partial charge >= 0.3 is 0 Å². The molecule has 0 bridgehead atoms. The number of aliphatic hydroxyl groups excluding tert-OH is 1. The molecule has 0 aliphatic carbocycles. The van der Waals surface area contributed by atoms with Crippen LogP contribution in [-0.2, 0) is 6.54 Å². The van der Waals surface area contributed by atoms with Crippen LogP contribution >= 0.6 is 0 Å². The molecule has 2 N–H and O–H groups in total. The normalized spacial score (nSPS) is 13.2. The van der Waals surface area contributed by atoms with Crippen molar-refractivity contribution in [2.45, 2.75) is 26.0 Å². The first kappa shape index (κ1) is 10.2. The lowest BCUT2D eigenvalue weighted by molar-refractivity contribution is 0.166. The molecule has 0 radical (unpaired) electrons. The average molecular weight is 183 g/mol. The van der Waals surface area contributed by atoms with E-state index in [2.05, 4.69) is 17.3 Å². The SMILES string of the molecule is CCCn1nccc1C(O)CNC. The minimum absolute atomic E-state index is 0.459. The summed E-state index contributed by atoms with van der Waals surface area (Å²) in [5, 5.41) is 16.8. The predicted octanol–water partition coefficient (Wildman–Crippen LogP) is 0.546.